The largest absolute Gasteiger partial charge is 0.396 e. The van der Waals surface area contributed by atoms with Gasteiger partial charge in [0.2, 0.25) is 0 Å². The van der Waals surface area contributed by atoms with E-state index in [2.05, 4.69) is 38.8 Å². The molecule has 4 nitrogen and oxygen atoms in total. The Bertz CT molecular complexity index is 1110. The minimum atomic E-state index is -0.584. The summed E-state index contributed by atoms with van der Waals surface area (Å²) >= 11 is 0. The Morgan fingerprint density at radius 3 is 2.47 bits per heavy atom. The molecule has 0 bridgehead atoms. The van der Waals surface area contributed by atoms with Crippen molar-refractivity contribution in [1.29, 1.82) is 0 Å². The van der Waals surface area contributed by atoms with Crippen LogP contribution in [0, 0.1) is 28.9 Å². The summed E-state index contributed by atoms with van der Waals surface area (Å²) in [5.41, 5.74) is 2.85. The molecule has 164 valence electrons. The van der Waals surface area contributed by atoms with Crippen molar-refractivity contribution in [2.45, 2.75) is 25.8 Å². The quantitative estimate of drug-likeness (QED) is 0.619. The van der Waals surface area contributed by atoms with Gasteiger partial charge in [-0.15, -0.1) is 0 Å². The Kier molecular flexibility index (Phi) is 6.89. The predicted octanol–water partition coefficient (Wildman–Crippen LogP) is 3.97. The Morgan fingerprint density at radius 1 is 1.00 bits per heavy atom. The highest BCUT2D eigenvalue weighted by Crippen LogP contribution is 2.34. The zero-order valence-corrected chi connectivity index (χ0v) is 17.8. The molecule has 1 aliphatic heterocycles. The summed E-state index contributed by atoms with van der Waals surface area (Å²) in [5, 5.41) is 10.2. The van der Waals surface area contributed by atoms with Crippen molar-refractivity contribution in [1.82, 2.24) is 14.9 Å². The highest BCUT2D eigenvalue weighted by atomic mass is 19.1. The Labute approximate surface area is 187 Å². The average molecular weight is 434 g/mol. The molecule has 1 saturated heterocycles. The highest BCUT2D eigenvalue weighted by molar-refractivity contribution is 5.41. The summed E-state index contributed by atoms with van der Waals surface area (Å²) in [7, 11) is 0. The summed E-state index contributed by atoms with van der Waals surface area (Å²) in [6.07, 6.45) is 6.96. The van der Waals surface area contributed by atoms with Crippen molar-refractivity contribution in [3.63, 3.8) is 0 Å². The van der Waals surface area contributed by atoms with Gasteiger partial charge in [0.15, 0.2) is 0 Å². The maximum absolute atomic E-state index is 14.2. The van der Waals surface area contributed by atoms with Crippen LogP contribution in [-0.4, -0.2) is 39.7 Å². The maximum Gasteiger partial charge on any atom is 0.129 e. The van der Waals surface area contributed by atoms with E-state index >= 15 is 0 Å². The van der Waals surface area contributed by atoms with Gasteiger partial charge in [-0.3, -0.25) is 4.90 Å². The molecule has 32 heavy (non-hydrogen) atoms. The lowest BCUT2D eigenvalue weighted by atomic mass is 9.75. The molecule has 3 aromatic rings. The van der Waals surface area contributed by atoms with Crippen LogP contribution in [-0.2, 0) is 13.0 Å². The van der Waals surface area contributed by atoms with Crippen molar-refractivity contribution >= 4 is 0 Å². The third-order valence-electron chi connectivity index (χ3n) is 5.93. The molecule has 0 unspecified atom stereocenters. The lowest BCUT2D eigenvalue weighted by molar-refractivity contribution is 0.0283. The number of halogens is 2. The van der Waals surface area contributed by atoms with Gasteiger partial charge in [-0.05, 0) is 55.1 Å². The minimum absolute atomic E-state index is 0.0297. The fraction of sp³-hybridized carbons (Fsp3) is 0.308. The van der Waals surface area contributed by atoms with E-state index < -0.39 is 17.0 Å². The van der Waals surface area contributed by atoms with Crippen molar-refractivity contribution in [2.24, 2.45) is 5.41 Å². The van der Waals surface area contributed by atoms with Crippen LogP contribution in [0.2, 0.25) is 0 Å². The number of aliphatic hydroxyl groups excluding tert-OH is 1. The number of piperidine rings is 1. The number of hydrogen-bond donors (Lipinski definition) is 1. The second-order valence-electron chi connectivity index (χ2n) is 8.46. The topological polar surface area (TPSA) is 49.2 Å². The van der Waals surface area contributed by atoms with Gasteiger partial charge in [0.1, 0.15) is 18.0 Å². The number of aromatic nitrogens is 2. The molecule has 0 saturated carbocycles. The normalized spacial score (nSPS) is 18.7. The molecule has 1 atom stereocenters. The van der Waals surface area contributed by atoms with Crippen molar-refractivity contribution in [3.05, 3.63) is 95.1 Å². The van der Waals surface area contributed by atoms with Crippen LogP contribution in [0.15, 0.2) is 61.2 Å². The molecule has 4 rings (SSSR count). The van der Waals surface area contributed by atoms with Crippen molar-refractivity contribution in [3.8, 4) is 11.8 Å². The summed E-state index contributed by atoms with van der Waals surface area (Å²) in [6, 6.07) is 11.8. The lowest BCUT2D eigenvalue weighted by Crippen LogP contribution is -2.46. The summed E-state index contributed by atoms with van der Waals surface area (Å²) in [5.74, 6) is 5.02. The molecule has 0 aliphatic carbocycles. The van der Waals surface area contributed by atoms with Gasteiger partial charge < -0.3 is 5.11 Å². The Balaban J connectivity index is 1.41. The van der Waals surface area contributed by atoms with Gasteiger partial charge in [0.25, 0.3) is 0 Å². The SMILES string of the molecule is OC[C@@]1(Cc2ccc(F)cc2F)CCCN(Cc2ccc(C#Cc3cncnc3)cc2)C1. The van der Waals surface area contributed by atoms with E-state index in [0.29, 0.717) is 18.5 Å². The van der Waals surface area contributed by atoms with Crippen molar-refractivity contribution in [2.75, 3.05) is 19.7 Å². The van der Waals surface area contributed by atoms with Crippen LogP contribution in [0.25, 0.3) is 0 Å². The average Bonchev–Trinajstić information content (AvgIpc) is 2.81. The minimum Gasteiger partial charge on any atom is -0.396 e. The summed E-state index contributed by atoms with van der Waals surface area (Å²) in [6.45, 7) is 2.30. The monoisotopic (exact) mass is 433 g/mol. The van der Waals surface area contributed by atoms with Gasteiger partial charge in [-0.2, -0.15) is 0 Å². The Morgan fingerprint density at radius 2 is 1.75 bits per heavy atom. The molecule has 0 radical (unpaired) electrons. The van der Waals surface area contributed by atoms with E-state index in [9.17, 15) is 13.9 Å². The number of nitrogens with zero attached hydrogens (tertiary/aromatic N) is 3. The smallest absolute Gasteiger partial charge is 0.129 e. The molecular weight excluding hydrogens is 408 g/mol. The molecule has 1 aromatic heterocycles. The zero-order chi connectivity index (χ0) is 22.4. The first-order valence-electron chi connectivity index (χ1n) is 10.7. The van der Waals surface area contributed by atoms with Gasteiger partial charge in [0, 0.05) is 42.5 Å². The van der Waals surface area contributed by atoms with E-state index in [0.717, 1.165) is 48.7 Å². The third-order valence-corrected chi connectivity index (χ3v) is 5.93. The number of hydrogen-bond acceptors (Lipinski definition) is 4. The van der Waals surface area contributed by atoms with E-state index in [4.69, 9.17) is 0 Å². The van der Waals surface area contributed by atoms with E-state index in [1.807, 2.05) is 12.1 Å². The zero-order valence-electron chi connectivity index (χ0n) is 17.8. The fourth-order valence-corrected chi connectivity index (χ4v) is 4.30. The van der Waals surface area contributed by atoms with Crippen LogP contribution in [0.5, 0.6) is 0 Å². The first-order chi connectivity index (χ1) is 15.5. The molecule has 1 N–H and O–H groups in total. The fourth-order valence-electron chi connectivity index (χ4n) is 4.30. The van der Waals surface area contributed by atoms with Crippen LogP contribution < -0.4 is 0 Å². The van der Waals surface area contributed by atoms with Crippen LogP contribution in [0.1, 0.15) is 35.1 Å². The van der Waals surface area contributed by atoms with Crippen LogP contribution in [0.3, 0.4) is 0 Å². The maximum atomic E-state index is 14.2. The second-order valence-corrected chi connectivity index (χ2v) is 8.46. The molecule has 0 spiro atoms. The number of aliphatic hydroxyl groups is 1. The third kappa shape index (κ3) is 5.56. The van der Waals surface area contributed by atoms with Crippen LogP contribution >= 0.6 is 0 Å². The summed E-state index contributed by atoms with van der Waals surface area (Å²) < 4.78 is 27.5. The van der Waals surface area contributed by atoms with Gasteiger partial charge in [0.05, 0.1) is 12.2 Å². The predicted molar refractivity (Wildman–Crippen MR) is 119 cm³/mol. The number of likely N-dealkylation sites (tertiary alicyclic amines) is 1. The number of benzene rings is 2. The molecule has 2 heterocycles. The first-order valence-corrected chi connectivity index (χ1v) is 10.7. The molecule has 1 fully saturated rings. The molecule has 0 amide bonds. The lowest BCUT2D eigenvalue weighted by Gasteiger charge is -2.42. The van der Waals surface area contributed by atoms with E-state index in [1.165, 1.54) is 18.5 Å². The first kappa shape index (κ1) is 22.1. The van der Waals surface area contributed by atoms with Gasteiger partial charge >= 0.3 is 0 Å². The molecule has 6 heteroatoms. The molecular formula is C26H25F2N3O. The second kappa shape index (κ2) is 9.99. The molecule has 2 aromatic carbocycles. The van der Waals surface area contributed by atoms with E-state index in [-0.39, 0.29) is 6.61 Å². The van der Waals surface area contributed by atoms with Gasteiger partial charge in [-0.1, -0.05) is 30.0 Å². The standard InChI is InChI=1S/C26H25F2N3O/c27-24-9-8-23(25(28)12-24)13-26(18-32)10-1-11-31(17-26)16-21-5-2-20(3-6-21)4-7-22-14-29-19-30-15-22/h2-3,5-6,8-9,12,14-15,19,32H,1,10-11,13,16-18H2/t26-/m1/s1. The van der Waals surface area contributed by atoms with Crippen molar-refractivity contribution < 1.29 is 13.9 Å². The Hall–Kier alpha value is -3.14. The molecule has 1 aliphatic rings. The summed E-state index contributed by atoms with van der Waals surface area (Å²) in [4.78, 5) is 10.2. The van der Waals surface area contributed by atoms with Gasteiger partial charge in [-0.25, -0.2) is 18.7 Å². The number of rotatable bonds is 5. The highest BCUT2D eigenvalue weighted by Gasteiger charge is 2.35. The van der Waals surface area contributed by atoms with Crippen LogP contribution in [0.4, 0.5) is 8.78 Å². The van der Waals surface area contributed by atoms with E-state index in [1.54, 1.807) is 12.4 Å².